The van der Waals surface area contributed by atoms with Gasteiger partial charge in [-0.2, -0.15) is 0 Å². The van der Waals surface area contributed by atoms with Crippen molar-refractivity contribution in [2.24, 2.45) is 10.6 Å². The van der Waals surface area contributed by atoms with E-state index in [0.717, 1.165) is 19.3 Å². The Morgan fingerprint density at radius 1 is 1.07 bits per heavy atom. The third-order valence-electron chi connectivity index (χ3n) is 4.04. The number of hydrogen-bond donors (Lipinski definition) is 1. The molecule has 0 heterocycles. The van der Waals surface area contributed by atoms with Crippen molar-refractivity contribution in [3.05, 3.63) is 0 Å². The molecule has 3 nitrogen and oxygen atoms in total. The average molecular weight is 217 g/mol. The summed E-state index contributed by atoms with van der Waals surface area (Å²) in [6, 6.07) is 0. The molecule has 0 aromatic carbocycles. The first-order chi connectivity index (χ1) is 6.52. The maximum absolute atomic E-state index is 11.2. The second kappa shape index (κ2) is 3.49. The van der Waals surface area contributed by atoms with Gasteiger partial charge in [-0.1, -0.05) is 19.3 Å². The van der Waals surface area contributed by atoms with Crippen LogP contribution in [0.1, 0.15) is 51.4 Å². The van der Waals surface area contributed by atoms with Crippen LogP contribution in [0.2, 0.25) is 0 Å². The molecule has 82 valence electrons. The highest BCUT2D eigenvalue weighted by atomic mass is 32.2. The first-order valence-electron chi connectivity index (χ1n) is 5.54. The Hall–Kier alpha value is -0.0900. The first-order valence-corrected chi connectivity index (χ1v) is 7.14. The molecule has 0 aromatic rings. The number of primary sulfonamides is 1. The summed E-state index contributed by atoms with van der Waals surface area (Å²) in [6.45, 7) is 0. The third kappa shape index (κ3) is 1.96. The first kappa shape index (κ1) is 10.4. The molecule has 2 fully saturated rings. The minimum atomic E-state index is -3.28. The molecule has 2 rings (SSSR count). The lowest BCUT2D eigenvalue weighted by Gasteiger charge is -2.33. The van der Waals surface area contributed by atoms with Crippen molar-refractivity contribution in [2.75, 3.05) is 0 Å². The minimum Gasteiger partial charge on any atom is -0.228 e. The van der Waals surface area contributed by atoms with Gasteiger partial charge in [0.15, 0.2) is 0 Å². The fourth-order valence-electron chi connectivity index (χ4n) is 3.19. The van der Waals surface area contributed by atoms with Gasteiger partial charge in [0, 0.05) is 0 Å². The van der Waals surface area contributed by atoms with Crippen LogP contribution in [-0.4, -0.2) is 13.7 Å². The number of hydrogen-bond acceptors (Lipinski definition) is 2. The standard InChI is InChI=1S/C10H19NO2S/c11-14(12,13)9-4-7-10(8-9)5-2-1-3-6-10/h9H,1-8H2,(H2,11,12,13). The number of rotatable bonds is 1. The summed E-state index contributed by atoms with van der Waals surface area (Å²) in [7, 11) is -3.28. The molecule has 0 aliphatic heterocycles. The summed E-state index contributed by atoms with van der Waals surface area (Å²) in [6.07, 6.45) is 9.01. The average Bonchev–Trinajstić information content (AvgIpc) is 2.50. The van der Waals surface area contributed by atoms with Crippen LogP contribution in [-0.2, 0) is 10.0 Å². The molecular formula is C10H19NO2S. The van der Waals surface area contributed by atoms with Crippen molar-refractivity contribution in [3.63, 3.8) is 0 Å². The van der Waals surface area contributed by atoms with E-state index in [-0.39, 0.29) is 5.25 Å². The Labute approximate surface area is 86.1 Å². The highest BCUT2D eigenvalue weighted by Crippen LogP contribution is 2.50. The maximum atomic E-state index is 11.2. The fourth-order valence-corrected chi connectivity index (χ4v) is 4.22. The van der Waals surface area contributed by atoms with Gasteiger partial charge in [0.25, 0.3) is 0 Å². The van der Waals surface area contributed by atoms with Gasteiger partial charge in [0.2, 0.25) is 10.0 Å². The van der Waals surface area contributed by atoms with Crippen LogP contribution < -0.4 is 5.14 Å². The fraction of sp³-hybridized carbons (Fsp3) is 1.00. The van der Waals surface area contributed by atoms with Gasteiger partial charge in [-0.05, 0) is 37.5 Å². The lowest BCUT2D eigenvalue weighted by atomic mass is 9.73. The molecule has 2 N–H and O–H groups in total. The van der Waals surface area contributed by atoms with E-state index < -0.39 is 10.0 Å². The summed E-state index contributed by atoms with van der Waals surface area (Å²) in [5.74, 6) is 0. The lowest BCUT2D eigenvalue weighted by molar-refractivity contribution is 0.197. The van der Waals surface area contributed by atoms with E-state index in [2.05, 4.69) is 0 Å². The van der Waals surface area contributed by atoms with E-state index in [4.69, 9.17) is 5.14 Å². The minimum absolute atomic E-state index is 0.249. The number of sulfonamides is 1. The van der Waals surface area contributed by atoms with E-state index in [0.29, 0.717) is 5.41 Å². The van der Waals surface area contributed by atoms with E-state index in [1.807, 2.05) is 0 Å². The molecule has 1 unspecified atom stereocenters. The smallest absolute Gasteiger partial charge is 0.211 e. The predicted molar refractivity (Wildman–Crippen MR) is 56.3 cm³/mol. The van der Waals surface area contributed by atoms with Gasteiger partial charge in [-0.25, -0.2) is 13.6 Å². The number of nitrogens with two attached hydrogens (primary N) is 1. The molecule has 1 spiro atoms. The van der Waals surface area contributed by atoms with Gasteiger partial charge in [0.05, 0.1) is 5.25 Å². The summed E-state index contributed by atoms with van der Waals surface area (Å²) in [5.41, 5.74) is 0.343. The molecule has 2 aliphatic rings. The lowest BCUT2D eigenvalue weighted by Crippen LogP contribution is -2.29. The molecule has 0 bridgehead atoms. The Balaban J connectivity index is 2.06. The third-order valence-corrected chi connectivity index (χ3v) is 5.37. The Bertz CT molecular complexity index is 304. The second-order valence-corrected chi connectivity index (χ2v) is 6.86. The van der Waals surface area contributed by atoms with Crippen LogP contribution in [0.25, 0.3) is 0 Å². The van der Waals surface area contributed by atoms with Crippen LogP contribution in [0, 0.1) is 5.41 Å². The summed E-state index contributed by atoms with van der Waals surface area (Å²) in [5, 5.41) is 4.95. The van der Waals surface area contributed by atoms with Crippen molar-refractivity contribution in [3.8, 4) is 0 Å². The van der Waals surface area contributed by atoms with Crippen LogP contribution in [0.5, 0.6) is 0 Å². The second-order valence-electron chi connectivity index (χ2n) is 5.01. The highest BCUT2D eigenvalue weighted by molar-refractivity contribution is 7.89. The molecule has 2 saturated carbocycles. The molecule has 0 amide bonds. The topological polar surface area (TPSA) is 60.2 Å². The maximum Gasteiger partial charge on any atom is 0.211 e. The largest absolute Gasteiger partial charge is 0.228 e. The van der Waals surface area contributed by atoms with Crippen LogP contribution >= 0.6 is 0 Å². The Morgan fingerprint density at radius 2 is 1.71 bits per heavy atom. The Morgan fingerprint density at radius 3 is 2.21 bits per heavy atom. The van der Waals surface area contributed by atoms with Crippen molar-refractivity contribution >= 4 is 10.0 Å². The molecule has 2 aliphatic carbocycles. The summed E-state index contributed by atoms with van der Waals surface area (Å²) < 4.78 is 22.5. The molecule has 0 radical (unpaired) electrons. The summed E-state index contributed by atoms with van der Waals surface area (Å²) >= 11 is 0. The van der Waals surface area contributed by atoms with Crippen LogP contribution in [0.15, 0.2) is 0 Å². The van der Waals surface area contributed by atoms with Crippen molar-refractivity contribution < 1.29 is 8.42 Å². The monoisotopic (exact) mass is 217 g/mol. The molecule has 1 atom stereocenters. The molecule has 0 saturated heterocycles. The van der Waals surface area contributed by atoms with E-state index in [9.17, 15) is 8.42 Å². The van der Waals surface area contributed by atoms with Crippen molar-refractivity contribution in [2.45, 2.75) is 56.6 Å². The zero-order valence-electron chi connectivity index (χ0n) is 8.54. The van der Waals surface area contributed by atoms with Gasteiger partial charge in [-0.15, -0.1) is 0 Å². The van der Waals surface area contributed by atoms with Gasteiger partial charge in [-0.3, -0.25) is 0 Å². The molecular weight excluding hydrogens is 198 g/mol. The van der Waals surface area contributed by atoms with Crippen LogP contribution in [0.4, 0.5) is 0 Å². The SMILES string of the molecule is NS(=O)(=O)C1CCC2(CCCCC2)C1. The molecule has 14 heavy (non-hydrogen) atoms. The zero-order valence-corrected chi connectivity index (χ0v) is 9.35. The van der Waals surface area contributed by atoms with E-state index in [1.165, 1.54) is 32.1 Å². The van der Waals surface area contributed by atoms with Crippen molar-refractivity contribution in [1.29, 1.82) is 0 Å². The van der Waals surface area contributed by atoms with Crippen molar-refractivity contribution in [1.82, 2.24) is 0 Å². The highest BCUT2D eigenvalue weighted by Gasteiger charge is 2.43. The van der Waals surface area contributed by atoms with Gasteiger partial charge >= 0.3 is 0 Å². The van der Waals surface area contributed by atoms with E-state index >= 15 is 0 Å². The quantitative estimate of drug-likeness (QED) is 0.727. The Kier molecular flexibility index (Phi) is 2.60. The summed E-state index contributed by atoms with van der Waals surface area (Å²) in [4.78, 5) is 0. The van der Waals surface area contributed by atoms with Gasteiger partial charge < -0.3 is 0 Å². The van der Waals surface area contributed by atoms with E-state index in [1.54, 1.807) is 0 Å². The predicted octanol–water partition coefficient (Wildman–Crippen LogP) is 1.78. The normalized spacial score (nSPS) is 32.2. The zero-order chi connectivity index (χ0) is 10.2. The van der Waals surface area contributed by atoms with Gasteiger partial charge in [0.1, 0.15) is 0 Å². The van der Waals surface area contributed by atoms with Crippen LogP contribution in [0.3, 0.4) is 0 Å². The molecule has 4 heteroatoms. The molecule has 0 aromatic heterocycles.